The number of rotatable bonds is 4. The third-order valence-electron chi connectivity index (χ3n) is 3.62. The molecule has 0 aliphatic carbocycles. The van der Waals surface area contributed by atoms with E-state index in [1.54, 1.807) is 13.0 Å². The Labute approximate surface area is 135 Å². The number of halogens is 3. The molecule has 1 aliphatic rings. The molecule has 6 nitrogen and oxygen atoms in total. The molecule has 2 N–H and O–H groups in total. The lowest BCUT2D eigenvalue weighted by Crippen LogP contribution is -2.36. The van der Waals surface area contributed by atoms with Crippen LogP contribution in [0.4, 0.5) is 18.9 Å². The van der Waals surface area contributed by atoms with E-state index in [2.05, 4.69) is 5.32 Å². The largest absolute Gasteiger partial charge is 0.478 e. The molecule has 1 aromatic rings. The zero-order valence-electron chi connectivity index (χ0n) is 12.7. The monoisotopic (exact) mass is 344 g/mol. The summed E-state index contributed by atoms with van der Waals surface area (Å²) in [6, 6.07) is 4.37. The molecule has 1 atom stereocenters. The van der Waals surface area contributed by atoms with Crippen molar-refractivity contribution in [1.82, 2.24) is 4.90 Å². The molecule has 0 saturated carbocycles. The van der Waals surface area contributed by atoms with Crippen molar-refractivity contribution >= 4 is 23.5 Å². The minimum Gasteiger partial charge on any atom is -0.478 e. The van der Waals surface area contributed by atoms with Gasteiger partial charge in [-0.1, -0.05) is 11.6 Å². The summed E-state index contributed by atoms with van der Waals surface area (Å²) in [5, 5.41) is 11.5. The van der Waals surface area contributed by atoms with Crippen molar-refractivity contribution in [3.8, 4) is 0 Å². The normalized spacial score (nSPS) is 17.9. The highest BCUT2D eigenvalue weighted by atomic mass is 19.4. The fourth-order valence-electron chi connectivity index (χ4n) is 2.50. The van der Waals surface area contributed by atoms with Gasteiger partial charge in [-0.25, -0.2) is 4.79 Å². The van der Waals surface area contributed by atoms with Crippen LogP contribution in [0.2, 0.25) is 0 Å². The summed E-state index contributed by atoms with van der Waals surface area (Å²) in [6.45, 7) is -0.0678. The number of benzene rings is 1. The van der Waals surface area contributed by atoms with E-state index in [9.17, 15) is 27.6 Å². The fraction of sp³-hybridized carbons (Fsp3) is 0.400. The van der Waals surface area contributed by atoms with Crippen LogP contribution in [0.25, 0.3) is 0 Å². The zero-order valence-corrected chi connectivity index (χ0v) is 12.7. The molecule has 0 bridgehead atoms. The van der Waals surface area contributed by atoms with Crippen LogP contribution < -0.4 is 5.32 Å². The molecule has 1 saturated heterocycles. The minimum atomic E-state index is -4.53. The lowest BCUT2D eigenvalue weighted by atomic mass is 10.1. The fourth-order valence-corrected chi connectivity index (χ4v) is 2.50. The number of amides is 2. The maximum atomic E-state index is 12.4. The zero-order chi connectivity index (χ0) is 18.1. The molecule has 24 heavy (non-hydrogen) atoms. The Hall–Kier alpha value is -2.58. The van der Waals surface area contributed by atoms with Gasteiger partial charge >= 0.3 is 12.1 Å². The summed E-state index contributed by atoms with van der Waals surface area (Å²) in [4.78, 5) is 35.5. The van der Waals surface area contributed by atoms with E-state index in [0.717, 1.165) is 0 Å². The van der Waals surface area contributed by atoms with Gasteiger partial charge in [-0.3, -0.25) is 9.59 Å². The van der Waals surface area contributed by atoms with Crippen molar-refractivity contribution in [2.45, 2.75) is 19.5 Å². The number of carbonyl (C=O) groups excluding carboxylic acids is 2. The van der Waals surface area contributed by atoms with E-state index in [1.165, 1.54) is 12.1 Å². The molecular weight excluding hydrogens is 329 g/mol. The van der Waals surface area contributed by atoms with Gasteiger partial charge < -0.3 is 15.3 Å². The molecule has 2 rings (SSSR count). The smallest absolute Gasteiger partial charge is 0.406 e. The van der Waals surface area contributed by atoms with Gasteiger partial charge in [-0.2, -0.15) is 13.2 Å². The Morgan fingerprint density at radius 2 is 2.04 bits per heavy atom. The summed E-state index contributed by atoms with van der Waals surface area (Å²) in [7, 11) is 0. The first kappa shape index (κ1) is 17.8. The molecule has 9 heteroatoms. The number of nitrogens with one attached hydrogen (secondary N) is 1. The van der Waals surface area contributed by atoms with Crippen molar-refractivity contribution in [2.75, 3.05) is 18.4 Å². The van der Waals surface area contributed by atoms with Crippen molar-refractivity contribution in [3.63, 3.8) is 0 Å². The van der Waals surface area contributed by atoms with Crippen molar-refractivity contribution in [2.24, 2.45) is 5.92 Å². The molecule has 2 amide bonds. The lowest BCUT2D eigenvalue weighted by Gasteiger charge is -2.18. The Morgan fingerprint density at radius 1 is 1.38 bits per heavy atom. The molecule has 0 radical (unpaired) electrons. The van der Waals surface area contributed by atoms with Crippen molar-refractivity contribution < 1.29 is 32.7 Å². The van der Waals surface area contributed by atoms with Crippen molar-refractivity contribution in [1.29, 1.82) is 0 Å². The van der Waals surface area contributed by atoms with Gasteiger partial charge in [0, 0.05) is 13.0 Å². The average Bonchev–Trinajstić information content (AvgIpc) is 2.80. The third-order valence-corrected chi connectivity index (χ3v) is 3.62. The SMILES string of the molecule is Cc1ccc(NC(=O)C2CC(=O)N(CC(F)(F)F)C2)c(C(=O)O)c1. The predicted molar refractivity (Wildman–Crippen MR) is 77.5 cm³/mol. The van der Waals surface area contributed by atoms with E-state index in [1.807, 2.05) is 0 Å². The maximum Gasteiger partial charge on any atom is 0.406 e. The van der Waals surface area contributed by atoms with Gasteiger partial charge in [0.1, 0.15) is 6.54 Å². The first-order chi connectivity index (χ1) is 11.1. The number of hydrogen-bond acceptors (Lipinski definition) is 3. The topological polar surface area (TPSA) is 86.7 Å². The quantitative estimate of drug-likeness (QED) is 0.875. The van der Waals surface area contributed by atoms with Gasteiger partial charge in [0.05, 0.1) is 17.2 Å². The molecule has 1 unspecified atom stereocenters. The highest BCUT2D eigenvalue weighted by molar-refractivity contribution is 6.02. The van der Waals surface area contributed by atoms with E-state index < -0.39 is 36.4 Å². The average molecular weight is 344 g/mol. The standard InChI is InChI=1S/C15H15F3N2O4/c1-8-2-3-11(10(4-8)14(23)24)19-13(22)9-5-12(21)20(6-9)7-15(16,17)18/h2-4,9H,5-7H2,1H3,(H,19,22)(H,23,24). The van der Waals surface area contributed by atoms with E-state index in [0.29, 0.717) is 10.5 Å². The second-order valence-electron chi connectivity index (χ2n) is 5.63. The predicted octanol–water partition coefficient (Wildman–Crippen LogP) is 2.04. The van der Waals surface area contributed by atoms with Crippen LogP contribution in [0, 0.1) is 12.8 Å². The molecule has 1 fully saturated rings. The van der Waals surface area contributed by atoms with Crippen LogP contribution in [0.5, 0.6) is 0 Å². The maximum absolute atomic E-state index is 12.4. The molecule has 0 aromatic heterocycles. The van der Waals surface area contributed by atoms with Gasteiger partial charge in [-0.15, -0.1) is 0 Å². The Morgan fingerprint density at radius 3 is 2.62 bits per heavy atom. The Balaban J connectivity index is 2.09. The molecule has 1 aromatic carbocycles. The van der Waals surface area contributed by atoms with Crippen LogP contribution in [0.15, 0.2) is 18.2 Å². The van der Waals surface area contributed by atoms with Crippen LogP contribution in [-0.4, -0.2) is 47.1 Å². The second-order valence-corrected chi connectivity index (χ2v) is 5.63. The number of likely N-dealkylation sites (tertiary alicyclic amines) is 1. The summed E-state index contributed by atoms with van der Waals surface area (Å²) >= 11 is 0. The number of hydrogen-bond donors (Lipinski definition) is 2. The summed E-state index contributed by atoms with van der Waals surface area (Å²) in [6.07, 6.45) is -4.87. The number of aryl methyl sites for hydroxylation is 1. The number of nitrogens with zero attached hydrogens (tertiary/aromatic N) is 1. The van der Waals surface area contributed by atoms with Crippen LogP contribution in [0.1, 0.15) is 22.3 Å². The van der Waals surface area contributed by atoms with Crippen LogP contribution in [0.3, 0.4) is 0 Å². The lowest BCUT2D eigenvalue weighted by molar-refractivity contribution is -0.157. The number of aromatic carboxylic acids is 1. The molecular formula is C15H15F3N2O4. The Bertz CT molecular complexity index is 688. The highest BCUT2D eigenvalue weighted by Gasteiger charge is 2.40. The number of carboxylic acid groups (broad SMARTS) is 1. The summed E-state index contributed by atoms with van der Waals surface area (Å²) in [5.41, 5.74) is 0.595. The minimum absolute atomic E-state index is 0.0415. The molecule has 1 heterocycles. The van der Waals surface area contributed by atoms with E-state index >= 15 is 0 Å². The van der Waals surface area contributed by atoms with Gasteiger partial charge in [0.25, 0.3) is 0 Å². The molecule has 0 spiro atoms. The van der Waals surface area contributed by atoms with Crippen molar-refractivity contribution in [3.05, 3.63) is 29.3 Å². The second kappa shape index (κ2) is 6.50. The summed E-state index contributed by atoms with van der Waals surface area (Å²) < 4.78 is 37.1. The van der Waals surface area contributed by atoms with E-state index in [4.69, 9.17) is 5.11 Å². The number of alkyl halides is 3. The van der Waals surface area contributed by atoms with Gasteiger partial charge in [0.2, 0.25) is 11.8 Å². The number of carboxylic acids is 1. The number of anilines is 1. The summed E-state index contributed by atoms with van der Waals surface area (Å²) in [5.74, 6) is -3.63. The number of carbonyl (C=O) groups is 3. The van der Waals surface area contributed by atoms with Gasteiger partial charge in [0.15, 0.2) is 0 Å². The highest BCUT2D eigenvalue weighted by Crippen LogP contribution is 2.25. The van der Waals surface area contributed by atoms with Crippen LogP contribution >= 0.6 is 0 Å². The molecule has 1 aliphatic heterocycles. The molecule has 130 valence electrons. The first-order valence-corrected chi connectivity index (χ1v) is 7.06. The first-order valence-electron chi connectivity index (χ1n) is 7.06. The third kappa shape index (κ3) is 4.24. The van der Waals surface area contributed by atoms with Gasteiger partial charge in [-0.05, 0) is 19.1 Å². The Kier molecular flexibility index (Phi) is 4.81. The van der Waals surface area contributed by atoms with E-state index in [-0.39, 0.29) is 24.2 Å². The van der Waals surface area contributed by atoms with Crippen LogP contribution in [-0.2, 0) is 9.59 Å².